The molecule has 0 amide bonds. The van der Waals surface area contributed by atoms with Crippen LogP contribution in [0.25, 0.3) is 0 Å². The molecule has 1 fully saturated rings. The highest BCUT2D eigenvalue weighted by molar-refractivity contribution is 5.20. The van der Waals surface area contributed by atoms with Gasteiger partial charge in [0.05, 0.1) is 6.04 Å². The lowest BCUT2D eigenvalue weighted by molar-refractivity contribution is 0.0550. The summed E-state index contributed by atoms with van der Waals surface area (Å²) in [6.07, 6.45) is 2.97. The Morgan fingerprint density at radius 3 is 2.71 bits per heavy atom. The predicted molar refractivity (Wildman–Crippen MR) is 87.4 cm³/mol. The third-order valence-electron chi connectivity index (χ3n) is 4.19. The van der Waals surface area contributed by atoms with Crippen molar-refractivity contribution in [1.29, 1.82) is 5.26 Å². The molecule has 1 aromatic heterocycles. The van der Waals surface area contributed by atoms with E-state index in [1.165, 1.54) is 0 Å². The number of nitrogens with zero attached hydrogens (tertiary/aromatic N) is 5. The second kappa shape index (κ2) is 7.90. The van der Waals surface area contributed by atoms with Gasteiger partial charge < -0.3 is 14.7 Å². The quantitative estimate of drug-likeness (QED) is 0.858. The average molecular weight is 327 g/mol. The maximum absolute atomic E-state index is 10.2. The Morgan fingerprint density at radius 1 is 1.29 bits per heavy atom. The van der Waals surface area contributed by atoms with Crippen LogP contribution in [0.4, 0.5) is 0 Å². The fraction of sp³-hybridized carbons (Fsp3) is 0.471. The Balaban J connectivity index is 1.41. The van der Waals surface area contributed by atoms with Crippen LogP contribution in [0.15, 0.2) is 36.7 Å². The number of ether oxygens (including phenoxy) is 1. The summed E-state index contributed by atoms with van der Waals surface area (Å²) in [5, 5.41) is 23.1. The number of hydrogen-bond acceptors (Lipinski definition) is 6. The SMILES string of the molecule is N#Cc1ncn(C2CCN(CC(O)COc3ccccc3)CC2)n1. The van der Waals surface area contributed by atoms with Crippen LogP contribution >= 0.6 is 0 Å². The van der Waals surface area contributed by atoms with Gasteiger partial charge in [-0.3, -0.25) is 0 Å². The van der Waals surface area contributed by atoms with E-state index in [0.29, 0.717) is 13.2 Å². The first-order valence-electron chi connectivity index (χ1n) is 8.14. The van der Waals surface area contributed by atoms with Gasteiger partial charge in [0.1, 0.15) is 30.9 Å². The van der Waals surface area contributed by atoms with Gasteiger partial charge in [-0.05, 0) is 25.0 Å². The molecule has 2 aromatic rings. The zero-order valence-corrected chi connectivity index (χ0v) is 13.5. The van der Waals surface area contributed by atoms with Crippen molar-refractivity contribution in [3.05, 3.63) is 42.5 Å². The molecule has 0 aliphatic carbocycles. The van der Waals surface area contributed by atoms with Gasteiger partial charge >= 0.3 is 0 Å². The summed E-state index contributed by atoms with van der Waals surface area (Å²) in [5.41, 5.74) is 0. The lowest BCUT2D eigenvalue weighted by Gasteiger charge is -2.32. The van der Waals surface area contributed by atoms with Crippen LogP contribution in [0.3, 0.4) is 0 Å². The fourth-order valence-electron chi connectivity index (χ4n) is 2.93. The van der Waals surface area contributed by atoms with Crippen molar-refractivity contribution in [2.24, 2.45) is 0 Å². The van der Waals surface area contributed by atoms with Gasteiger partial charge in [0.15, 0.2) is 0 Å². The molecule has 0 saturated carbocycles. The minimum atomic E-state index is -0.515. The molecule has 126 valence electrons. The number of β-amino-alcohol motifs (C(OH)–C–C–N with tert-alkyl or cyclic N) is 1. The minimum absolute atomic E-state index is 0.214. The zero-order valence-electron chi connectivity index (χ0n) is 13.5. The third-order valence-corrected chi connectivity index (χ3v) is 4.19. The van der Waals surface area contributed by atoms with E-state index in [4.69, 9.17) is 10.00 Å². The molecule has 7 nitrogen and oxygen atoms in total. The highest BCUT2D eigenvalue weighted by Gasteiger charge is 2.23. The van der Waals surface area contributed by atoms with E-state index in [9.17, 15) is 5.11 Å². The molecule has 1 saturated heterocycles. The molecular formula is C17H21N5O2. The van der Waals surface area contributed by atoms with Gasteiger partial charge in [-0.2, -0.15) is 5.26 Å². The molecule has 24 heavy (non-hydrogen) atoms. The van der Waals surface area contributed by atoms with Crippen LogP contribution < -0.4 is 4.74 Å². The Kier molecular flexibility index (Phi) is 5.41. The molecule has 1 aromatic carbocycles. The normalized spacial score (nSPS) is 17.3. The average Bonchev–Trinajstić information content (AvgIpc) is 3.11. The van der Waals surface area contributed by atoms with Gasteiger partial charge in [-0.1, -0.05) is 18.2 Å². The lowest BCUT2D eigenvalue weighted by Crippen LogP contribution is -2.41. The van der Waals surface area contributed by atoms with E-state index in [0.717, 1.165) is 31.7 Å². The summed E-state index contributed by atoms with van der Waals surface area (Å²) in [5.74, 6) is 0.987. The number of aliphatic hydroxyl groups is 1. The molecule has 1 aliphatic heterocycles. The molecule has 0 spiro atoms. The van der Waals surface area contributed by atoms with Crippen molar-refractivity contribution in [3.63, 3.8) is 0 Å². The van der Waals surface area contributed by atoms with E-state index < -0.39 is 6.10 Å². The molecule has 1 unspecified atom stereocenters. The number of aromatic nitrogens is 3. The van der Waals surface area contributed by atoms with Crippen LogP contribution in [-0.2, 0) is 0 Å². The summed E-state index contributed by atoms with van der Waals surface area (Å²) in [6.45, 7) is 2.66. The number of rotatable bonds is 6. The predicted octanol–water partition coefficient (Wildman–Crippen LogP) is 1.23. The third kappa shape index (κ3) is 4.31. The first-order chi connectivity index (χ1) is 11.7. The number of benzene rings is 1. The van der Waals surface area contributed by atoms with Crippen molar-refractivity contribution in [2.45, 2.75) is 25.0 Å². The standard InChI is InChI=1S/C17H21N5O2/c18-10-17-19-13-22(20-17)14-6-8-21(9-7-14)11-15(23)12-24-16-4-2-1-3-5-16/h1-5,13-15,23H,6-9,11-12H2. The molecule has 3 rings (SSSR count). The fourth-order valence-corrected chi connectivity index (χ4v) is 2.93. The van der Waals surface area contributed by atoms with Crippen molar-refractivity contribution < 1.29 is 9.84 Å². The van der Waals surface area contributed by atoms with Crippen molar-refractivity contribution >= 4 is 0 Å². The first-order valence-corrected chi connectivity index (χ1v) is 8.14. The van der Waals surface area contributed by atoms with Crippen LogP contribution in [0.5, 0.6) is 5.75 Å². The highest BCUT2D eigenvalue weighted by Crippen LogP contribution is 2.21. The molecule has 1 aliphatic rings. The second-order valence-electron chi connectivity index (χ2n) is 5.97. The number of para-hydroxylation sites is 1. The number of piperidine rings is 1. The van der Waals surface area contributed by atoms with Gasteiger partial charge in [-0.25, -0.2) is 9.67 Å². The number of nitriles is 1. The number of hydrogen-bond donors (Lipinski definition) is 1. The number of aliphatic hydroxyl groups excluding tert-OH is 1. The van der Waals surface area contributed by atoms with E-state index >= 15 is 0 Å². The van der Waals surface area contributed by atoms with Gasteiger partial charge in [0, 0.05) is 19.6 Å². The van der Waals surface area contributed by atoms with E-state index in [2.05, 4.69) is 15.0 Å². The second-order valence-corrected chi connectivity index (χ2v) is 5.97. The van der Waals surface area contributed by atoms with Crippen LogP contribution in [0.1, 0.15) is 24.7 Å². The number of likely N-dealkylation sites (tertiary alicyclic amines) is 1. The Morgan fingerprint density at radius 2 is 2.04 bits per heavy atom. The monoisotopic (exact) mass is 327 g/mol. The van der Waals surface area contributed by atoms with Crippen molar-refractivity contribution in [2.75, 3.05) is 26.2 Å². The van der Waals surface area contributed by atoms with Crippen LogP contribution in [-0.4, -0.2) is 57.1 Å². The maximum atomic E-state index is 10.2. The minimum Gasteiger partial charge on any atom is -0.491 e. The summed E-state index contributed by atoms with van der Waals surface area (Å²) in [6, 6.07) is 11.7. The van der Waals surface area contributed by atoms with Crippen molar-refractivity contribution in [3.8, 4) is 11.8 Å². The van der Waals surface area contributed by atoms with E-state index in [1.807, 2.05) is 36.4 Å². The smallest absolute Gasteiger partial charge is 0.252 e. The zero-order chi connectivity index (χ0) is 16.8. The Hall–Kier alpha value is -2.43. The maximum Gasteiger partial charge on any atom is 0.252 e. The summed E-state index contributed by atoms with van der Waals surface area (Å²) >= 11 is 0. The van der Waals surface area contributed by atoms with Gasteiger partial charge in [0.2, 0.25) is 0 Å². The van der Waals surface area contributed by atoms with Crippen molar-refractivity contribution in [1.82, 2.24) is 19.7 Å². The van der Waals surface area contributed by atoms with Gasteiger partial charge in [-0.15, -0.1) is 5.10 Å². The molecule has 1 atom stereocenters. The summed E-state index contributed by atoms with van der Waals surface area (Å²) < 4.78 is 7.37. The van der Waals surface area contributed by atoms with E-state index in [-0.39, 0.29) is 11.9 Å². The summed E-state index contributed by atoms with van der Waals surface area (Å²) in [7, 11) is 0. The Bertz CT molecular complexity index is 674. The van der Waals surface area contributed by atoms with Crippen LogP contribution in [0.2, 0.25) is 0 Å². The molecule has 0 bridgehead atoms. The first kappa shape index (κ1) is 16.4. The molecule has 0 radical (unpaired) electrons. The van der Waals surface area contributed by atoms with E-state index in [1.54, 1.807) is 11.0 Å². The molecule has 1 N–H and O–H groups in total. The van der Waals surface area contributed by atoms with Gasteiger partial charge in [0.25, 0.3) is 5.82 Å². The topological polar surface area (TPSA) is 87.2 Å². The molecular weight excluding hydrogens is 306 g/mol. The lowest BCUT2D eigenvalue weighted by atomic mass is 10.1. The molecule has 2 heterocycles. The molecule has 7 heteroatoms. The largest absolute Gasteiger partial charge is 0.491 e. The summed E-state index contributed by atoms with van der Waals surface area (Å²) in [4.78, 5) is 6.18. The Labute approximate surface area is 141 Å². The van der Waals surface area contributed by atoms with Crippen LogP contribution in [0, 0.1) is 11.3 Å². The highest BCUT2D eigenvalue weighted by atomic mass is 16.5.